The lowest BCUT2D eigenvalue weighted by Gasteiger charge is -2.08. The quantitative estimate of drug-likeness (QED) is 0.444. The van der Waals surface area contributed by atoms with Crippen LogP contribution >= 0.6 is 0 Å². The molecule has 0 aliphatic carbocycles. The highest BCUT2D eigenvalue weighted by Crippen LogP contribution is 2.26. The van der Waals surface area contributed by atoms with Crippen LogP contribution in [0.15, 0.2) is 30.5 Å². The fourth-order valence-corrected chi connectivity index (χ4v) is 1.59. The third kappa shape index (κ3) is 1.57. The molecule has 0 spiro atoms. The summed E-state index contributed by atoms with van der Waals surface area (Å²) < 4.78 is 5.17. The molecule has 0 aliphatic rings. The average Bonchev–Trinajstić information content (AvgIpc) is 2.36. The summed E-state index contributed by atoms with van der Waals surface area (Å²) in [6.45, 7) is 0. The van der Waals surface area contributed by atoms with Crippen LogP contribution in [0.5, 0.6) is 5.75 Å². The molecule has 0 saturated carbocycles. The van der Waals surface area contributed by atoms with E-state index in [1.165, 1.54) is 0 Å². The molecule has 0 bridgehead atoms. The van der Waals surface area contributed by atoms with Crippen LogP contribution in [-0.2, 0) is 0 Å². The van der Waals surface area contributed by atoms with Crippen LogP contribution in [0.2, 0.25) is 0 Å². The summed E-state index contributed by atoms with van der Waals surface area (Å²) in [5.74, 6) is 5.40. The molecule has 82 valence electrons. The number of nitrogens with zero attached hydrogens (tertiary/aromatic N) is 1. The first kappa shape index (κ1) is 10.4. The van der Waals surface area contributed by atoms with Gasteiger partial charge in [-0.1, -0.05) is 6.07 Å². The zero-order chi connectivity index (χ0) is 11.5. The molecule has 0 unspecified atom stereocenters. The van der Waals surface area contributed by atoms with Crippen LogP contribution in [0.3, 0.4) is 0 Å². The third-order valence-electron chi connectivity index (χ3n) is 2.33. The summed E-state index contributed by atoms with van der Waals surface area (Å²) in [5, 5.41) is 0.713. The standard InChI is InChI=1S/C11H11N3O2/c1-16-9-5-4-8(11(15)14-12)7-3-2-6-13-10(7)9/h2-6H,12H2,1H3,(H,14,15). The average molecular weight is 217 g/mol. The Morgan fingerprint density at radius 2 is 2.25 bits per heavy atom. The van der Waals surface area contributed by atoms with Crippen molar-refractivity contribution in [3.63, 3.8) is 0 Å². The fraction of sp³-hybridized carbons (Fsp3) is 0.0909. The highest BCUT2D eigenvalue weighted by Gasteiger charge is 2.11. The van der Waals surface area contributed by atoms with Gasteiger partial charge in [0, 0.05) is 11.6 Å². The number of amides is 1. The van der Waals surface area contributed by atoms with E-state index in [4.69, 9.17) is 10.6 Å². The lowest BCUT2D eigenvalue weighted by Crippen LogP contribution is -2.30. The predicted molar refractivity (Wildman–Crippen MR) is 59.9 cm³/mol. The van der Waals surface area contributed by atoms with Gasteiger partial charge in [-0.3, -0.25) is 15.2 Å². The largest absolute Gasteiger partial charge is 0.494 e. The monoisotopic (exact) mass is 217 g/mol. The molecule has 16 heavy (non-hydrogen) atoms. The van der Waals surface area contributed by atoms with Gasteiger partial charge in [0.1, 0.15) is 11.3 Å². The van der Waals surface area contributed by atoms with Crippen molar-refractivity contribution in [1.82, 2.24) is 10.4 Å². The second-order valence-corrected chi connectivity index (χ2v) is 3.19. The first-order valence-electron chi connectivity index (χ1n) is 4.70. The van der Waals surface area contributed by atoms with Gasteiger partial charge in [-0.25, -0.2) is 5.84 Å². The smallest absolute Gasteiger partial charge is 0.265 e. The number of ether oxygens (including phenoxy) is 1. The Hall–Kier alpha value is -2.14. The number of aromatic nitrogens is 1. The van der Waals surface area contributed by atoms with Gasteiger partial charge in [0.25, 0.3) is 5.91 Å². The third-order valence-corrected chi connectivity index (χ3v) is 2.33. The maximum Gasteiger partial charge on any atom is 0.265 e. The Bertz CT molecular complexity index is 540. The SMILES string of the molecule is COc1ccc(C(=O)NN)c2cccnc12. The number of methoxy groups -OCH3 is 1. The molecule has 1 heterocycles. The molecule has 3 N–H and O–H groups in total. The number of hydrogen-bond acceptors (Lipinski definition) is 4. The van der Waals surface area contributed by atoms with E-state index < -0.39 is 0 Å². The van der Waals surface area contributed by atoms with Crippen molar-refractivity contribution in [3.8, 4) is 5.75 Å². The number of nitrogens with one attached hydrogen (secondary N) is 1. The first-order chi connectivity index (χ1) is 7.77. The molecule has 0 aliphatic heterocycles. The molecule has 5 nitrogen and oxygen atoms in total. The van der Waals surface area contributed by atoms with Crippen molar-refractivity contribution in [2.45, 2.75) is 0 Å². The van der Waals surface area contributed by atoms with Crippen LogP contribution in [0.25, 0.3) is 10.9 Å². The lowest BCUT2D eigenvalue weighted by atomic mass is 10.1. The maximum atomic E-state index is 11.5. The molecular formula is C11H11N3O2. The molecule has 0 fully saturated rings. The van der Waals surface area contributed by atoms with Crippen molar-refractivity contribution in [1.29, 1.82) is 0 Å². The van der Waals surface area contributed by atoms with E-state index in [1.54, 1.807) is 37.6 Å². The van der Waals surface area contributed by atoms with Gasteiger partial charge in [-0.2, -0.15) is 0 Å². The number of pyridine rings is 1. The summed E-state index contributed by atoms with van der Waals surface area (Å²) in [5.41, 5.74) is 3.23. The van der Waals surface area contributed by atoms with E-state index in [1.807, 2.05) is 0 Å². The van der Waals surface area contributed by atoms with E-state index in [-0.39, 0.29) is 5.91 Å². The molecule has 1 aromatic heterocycles. The Morgan fingerprint density at radius 3 is 2.94 bits per heavy atom. The number of carbonyl (C=O) groups excluding carboxylic acids is 1. The van der Waals surface area contributed by atoms with Crippen molar-refractivity contribution in [2.75, 3.05) is 7.11 Å². The van der Waals surface area contributed by atoms with Crippen molar-refractivity contribution >= 4 is 16.8 Å². The fourth-order valence-electron chi connectivity index (χ4n) is 1.59. The van der Waals surface area contributed by atoms with E-state index in [9.17, 15) is 4.79 Å². The summed E-state index contributed by atoms with van der Waals surface area (Å²) in [4.78, 5) is 15.7. The Kier molecular flexibility index (Phi) is 2.70. The topological polar surface area (TPSA) is 77.2 Å². The van der Waals surface area contributed by atoms with Crippen LogP contribution in [0.1, 0.15) is 10.4 Å². The molecule has 2 rings (SSSR count). The number of hydrogen-bond donors (Lipinski definition) is 2. The van der Waals surface area contributed by atoms with Crippen LogP contribution in [-0.4, -0.2) is 18.0 Å². The van der Waals surface area contributed by atoms with Crippen molar-refractivity contribution < 1.29 is 9.53 Å². The summed E-state index contributed by atoms with van der Waals surface area (Å²) in [6, 6.07) is 6.91. The van der Waals surface area contributed by atoms with Gasteiger partial charge in [0.05, 0.1) is 12.7 Å². The van der Waals surface area contributed by atoms with Gasteiger partial charge >= 0.3 is 0 Å². The highest BCUT2D eigenvalue weighted by atomic mass is 16.5. The molecule has 0 atom stereocenters. The zero-order valence-corrected chi connectivity index (χ0v) is 8.73. The molecule has 5 heteroatoms. The predicted octanol–water partition coefficient (Wildman–Crippen LogP) is 0.847. The Labute approximate surface area is 92.2 Å². The van der Waals surface area contributed by atoms with Crippen molar-refractivity contribution in [3.05, 3.63) is 36.0 Å². The minimum atomic E-state index is -0.347. The summed E-state index contributed by atoms with van der Waals surface area (Å²) >= 11 is 0. The number of fused-ring (bicyclic) bond motifs is 1. The molecule has 2 aromatic rings. The minimum absolute atomic E-state index is 0.347. The van der Waals surface area contributed by atoms with Gasteiger partial charge in [-0.15, -0.1) is 0 Å². The molecule has 1 amide bonds. The van der Waals surface area contributed by atoms with E-state index in [2.05, 4.69) is 10.4 Å². The number of carbonyl (C=O) groups is 1. The van der Waals surface area contributed by atoms with Gasteiger partial charge < -0.3 is 4.74 Å². The number of rotatable bonds is 2. The van der Waals surface area contributed by atoms with Crippen molar-refractivity contribution in [2.24, 2.45) is 5.84 Å². The summed E-state index contributed by atoms with van der Waals surface area (Å²) in [7, 11) is 1.56. The number of nitrogen functional groups attached to an aromatic ring is 1. The second-order valence-electron chi connectivity index (χ2n) is 3.19. The van der Waals surface area contributed by atoms with Crippen LogP contribution in [0, 0.1) is 0 Å². The lowest BCUT2D eigenvalue weighted by molar-refractivity contribution is 0.0955. The molecule has 1 aromatic carbocycles. The van der Waals surface area contributed by atoms with Gasteiger partial charge in [0.15, 0.2) is 0 Å². The maximum absolute atomic E-state index is 11.5. The molecule has 0 saturated heterocycles. The summed E-state index contributed by atoms with van der Waals surface area (Å²) in [6.07, 6.45) is 1.65. The van der Waals surface area contributed by atoms with E-state index >= 15 is 0 Å². The number of benzene rings is 1. The molecular weight excluding hydrogens is 206 g/mol. The number of hydrazine groups is 1. The van der Waals surface area contributed by atoms with Gasteiger partial charge in [-0.05, 0) is 18.2 Å². The Morgan fingerprint density at radius 1 is 1.44 bits per heavy atom. The van der Waals surface area contributed by atoms with E-state index in [0.717, 1.165) is 0 Å². The molecule has 0 radical (unpaired) electrons. The Balaban J connectivity index is 2.74. The first-order valence-corrected chi connectivity index (χ1v) is 4.70. The van der Waals surface area contributed by atoms with E-state index in [0.29, 0.717) is 22.2 Å². The minimum Gasteiger partial charge on any atom is -0.494 e. The number of nitrogens with two attached hydrogens (primary N) is 1. The zero-order valence-electron chi connectivity index (χ0n) is 8.73. The second kappa shape index (κ2) is 4.16. The van der Waals surface area contributed by atoms with Crippen LogP contribution < -0.4 is 16.0 Å². The van der Waals surface area contributed by atoms with Crippen LogP contribution in [0.4, 0.5) is 0 Å². The van der Waals surface area contributed by atoms with Gasteiger partial charge in [0.2, 0.25) is 0 Å². The highest BCUT2D eigenvalue weighted by molar-refractivity contribution is 6.07. The normalized spacial score (nSPS) is 10.1.